The summed E-state index contributed by atoms with van der Waals surface area (Å²) in [6, 6.07) is 11.2. The molecule has 1 N–H and O–H groups in total. The second kappa shape index (κ2) is 7.32. The van der Waals surface area contributed by atoms with Crippen molar-refractivity contribution in [3.05, 3.63) is 74.6 Å². The molecule has 0 atom stereocenters. The Balaban J connectivity index is 1.71. The summed E-state index contributed by atoms with van der Waals surface area (Å²) in [5.41, 5.74) is 1.63. The number of nitro benzene ring substituents is 1. The van der Waals surface area contributed by atoms with Gasteiger partial charge >= 0.3 is 0 Å². The average Bonchev–Trinajstić information content (AvgIpc) is 3.09. The number of aryl methyl sites for hydroxylation is 1. The van der Waals surface area contributed by atoms with Crippen molar-refractivity contribution in [3.63, 3.8) is 0 Å². The van der Waals surface area contributed by atoms with Gasteiger partial charge in [0.2, 0.25) is 11.7 Å². The van der Waals surface area contributed by atoms with Gasteiger partial charge in [-0.3, -0.25) is 14.9 Å². The normalized spacial score (nSPS) is 10.5. The number of amides is 1. The summed E-state index contributed by atoms with van der Waals surface area (Å²) in [5.74, 6) is 0.0387. The molecule has 0 aliphatic heterocycles. The van der Waals surface area contributed by atoms with Gasteiger partial charge in [0.1, 0.15) is 0 Å². The number of nitro groups is 1. The van der Waals surface area contributed by atoms with Crippen molar-refractivity contribution in [2.24, 2.45) is 0 Å². The van der Waals surface area contributed by atoms with Crippen molar-refractivity contribution in [1.82, 2.24) is 15.5 Å². The lowest BCUT2D eigenvalue weighted by Crippen LogP contribution is -2.23. The highest BCUT2D eigenvalue weighted by Gasteiger charge is 2.17. The predicted molar refractivity (Wildman–Crippen MR) is 93.7 cm³/mol. The third-order valence-corrected chi connectivity index (χ3v) is 3.88. The number of non-ortho nitro benzene ring substituents is 1. The van der Waals surface area contributed by atoms with E-state index in [-0.39, 0.29) is 28.7 Å². The number of halogens is 1. The predicted octanol–water partition coefficient (Wildman–Crippen LogP) is 3.54. The molecule has 0 saturated heterocycles. The van der Waals surface area contributed by atoms with Crippen molar-refractivity contribution < 1.29 is 14.2 Å². The number of aromatic nitrogens is 2. The lowest BCUT2D eigenvalue weighted by Gasteiger charge is -2.04. The van der Waals surface area contributed by atoms with E-state index in [4.69, 9.17) is 16.1 Å². The number of rotatable bonds is 5. The van der Waals surface area contributed by atoms with Crippen molar-refractivity contribution >= 4 is 23.2 Å². The maximum Gasteiger partial charge on any atom is 0.270 e. The highest BCUT2D eigenvalue weighted by Crippen LogP contribution is 2.22. The van der Waals surface area contributed by atoms with Gasteiger partial charge in [0.15, 0.2) is 0 Å². The number of nitrogens with one attached hydrogen (secondary N) is 1. The molecule has 132 valence electrons. The highest BCUT2D eigenvalue weighted by atomic mass is 35.5. The van der Waals surface area contributed by atoms with Gasteiger partial charge in [0, 0.05) is 17.7 Å². The zero-order valence-electron chi connectivity index (χ0n) is 13.6. The molecule has 8 nitrogen and oxygen atoms in total. The molecule has 1 aromatic heterocycles. The molecule has 3 aromatic rings. The van der Waals surface area contributed by atoms with E-state index in [1.807, 2.05) is 31.2 Å². The molecule has 3 rings (SSSR count). The van der Waals surface area contributed by atoms with Gasteiger partial charge in [-0.25, -0.2) is 0 Å². The fourth-order valence-electron chi connectivity index (χ4n) is 2.28. The minimum atomic E-state index is -0.598. The van der Waals surface area contributed by atoms with E-state index in [1.165, 1.54) is 12.1 Å². The second-order valence-corrected chi connectivity index (χ2v) is 5.89. The molecule has 0 unspecified atom stereocenters. The van der Waals surface area contributed by atoms with Crippen molar-refractivity contribution in [1.29, 1.82) is 0 Å². The van der Waals surface area contributed by atoms with Crippen LogP contribution in [0.4, 0.5) is 5.69 Å². The van der Waals surface area contributed by atoms with E-state index in [1.54, 1.807) is 0 Å². The number of carbonyl (C=O) groups excluding carboxylic acids is 1. The molecule has 0 bridgehead atoms. The van der Waals surface area contributed by atoms with E-state index in [2.05, 4.69) is 15.5 Å². The topological polar surface area (TPSA) is 111 Å². The number of hydrogen-bond acceptors (Lipinski definition) is 6. The van der Waals surface area contributed by atoms with E-state index in [9.17, 15) is 14.9 Å². The van der Waals surface area contributed by atoms with Crippen LogP contribution in [0.3, 0.4) is 0 Å². The van der Waals surface area contributed by atoms with Crippen molar-refractivity contribution in [2.75, 3.05) is 0 Å². The first kappa shape index (κ1) is 17.6. The fourth-order valence-corrected chi connectivity index (χ4v) is 2.48. The Labute approximate surface area is 152 Å². The Morgan fingerprint density at radius 3 is 2.85 bits per heavy atom. The van der Waals surface area contributed by atoms with Crippen LogP contribution in [-0.2, 0) is 6.54 Å². The molecule has 2 aromatic carbocycles. The molecular weight excluding hydrogens is 360 g/mol. The van der Waals surface area contributed by atoms with Crippen LogP contribution < -0.4 is 5.32 Å². The van der Waals surface area contributed by atoms with Gasteiger partial charge in [-0.05, 0) is 19.1 Å². The molecule has 0 aliphatic rings. The number of hydrogen-bond donors (Lipinski definition) is 1. The van der Waals surface area contributed by atoms with Crippen molar-refractivity contribution in [3.8, 4) is 11.4 Å². The Morgan fingerprint density at radius 1 is 1.31 bits per heavy atom. The lowest BCUT2D eigenvalue weighted by molar-refractivity contribution is -0.384. The van der Waals surface area contributed by atoms with Gasteiger partial charge < -0.3 is 9.84 Å². The summed E-state index contributed by atoms with van der Waals surface area (Å²) in [7, 11) is 0. The Bertz CT molecular complexity index is 986. The second-order valence-electron chi connectivity index (χ2n) is 5.49. The standard InChI is InChI=1S/C17H13ClN4O4/c1-10-3-2-4-11(7-10)16-20-15(26-21-16)9-19-17(23)13-8-12(22(24)25)5-6-14(13)18/h2-8H,9H2,1H3,(H,19,23). The maximum absolute atomic E-state index is 12.2. The molecule has 0 spiro atoms. The molecule has 0 radical (unpaired) electrons. The largest absolute Gasteiger partial charge is 0.343 e. The Kier molecular flexibility index (Phi) is 4.94. The number of carbonyl (C=O) groups is 1. The molecule has 9 heteroatoms. The smallest absolute Gasteiger partial charge is 0.270 e. The molecule has 1 heterocycles. The van der Waals surface area contributed by atoms with Gasteiger partial charge in [0.25, 0.3) is 11.6 Å². The SMILES string of the molecule is Cc1cccc(-c2noc(CNC(=O)c3cc([N+](=O)[O-])ccc3Cl)n2)c1. The molecular formula is C17H13ClN4O4. The fraction of sp³-hybridized carbons (Fsp3) is 0.118. The van der Waals surface area contributed by atoms with Gasteiger partial charge in [-0.15, -0.1) is 0 Å². The van der Waals surface area contributed by atoms with Crippen LogP contribution in [0.5, 0.6) is 0 Å². The number of nitrogens with zero attached hydrogens (tertiary/aromatic N) is 3. The van der Waals surface area contributed by atoms with Crippen LogP contribution in [-0.4, -0.2) is 21.0 Å². The Hall–Kier alpha value is -3.26. The first-order valence-corrected chi connectivity index (χ1v) is 7.93. The van der Waals surface area contributed by atoms with Crippen LogP contribution in [0, 0.1) is 17.0 Å². The molecule has 0 fully saturated rings. The quantitative estimate of drug-likeness (QED) is 0.541. The van der Waals surface area contributed by atoms with E-state index in [0.29, 0.717) is 5.82 Å². The van der Waals surface area contributed by atoms with E-state index in [0.717, 1.165) is 17.2 Å². The summed E-state index contributed by atoms with van der Waals surface area (Å²) in [5, 5.41) is 17.4. The summed E-state index contributed by atoms with van der Waals surface area (Å²) in [6.07, 6.45) is 0. The first-order valence-electron chi connectivity index (χ1n) is 7.56. The average molecular weight is 373 g/mol. The maximum atomic E-state index is 12.2. The first-order chi connectivity index (χ1) is 12.4. The third kappa shape index (κ3) is 3.86. The van der Waals surface area contributed by atoms with E-state index < -0.39 is 10.8 Å². The third-order valence-electron chi connectivity index (χ3n) is 3.55. The van der Waals surface area contributed by atoms with Crippen LogP contribution >= 0.6 is 11.6 Å². The van der Waals surface area contributed by atoms with Gasteiger partial charge in [-0.2, -0.15) is 4.98 Å². The minimum Gasteiger partial charge on any atom is -0.343 e. The molecule has 1 amide bonds. The van der Waals surface area contributed by atoms with Gasteiger partial charge in [-0.1, -0.05) is 40.5 Å². The molecule has 0 aliphatic carbocycles. The van der Waals surface area contributed by atoms with Crippen LogP contribution in [0.15, 0.2) is 47.0 Å². The zero-order valence-corrected chi connectivity index (χ0v) is 14.4. The molecule has 0 saturated carbocycles. The van der Waals surface area contributed by atoms with Crippen LogP contribution in [0.2, 0.25) is 5.02 Å². The molecule has 26 heavy (non-hydrogen) atoms. The van der Waals surface area contributed by atoms with E-state index >= 15 is 0 Å². The van der Waals surface area contributed by atoms with Gasteiger partial charge in [0.05, 0.1) is 22.1 Å². The van der Waals surface area contributed by atoms with Crippen molar-refractivity contribution in [2.45, 2.75) is 13.5 Å². The minimum absolute atomic E-state index is 0.000658. The van der Waals surface area contributed by atoms with Crippen LogP contribution in [0.25, 0.3) is 11.4 Å². The summed E-state index contributed by atoms with van der Waals surface area (Å²) in [4.78, 5) is 26.7. The lowest BCUT2D eigenvalue weighted by atomic mass is 10.1. The number of benzene rings is 2. The Morgan fingerprint density at radius 2 is 2.12 bits per heavy atom. The monoisotopic (exact) mass is 372 g/mol. The highest BCUT2D eigenvalue weighted by molar-refractivity contribution is 6.33. The summed E-state index contributed by atoms with van der Waals surface area (Å²) >= 11 is 5.94. The summed E-state index contributed by atoms with van der Waals surface area (Å²) in [6.45, 7) is 1.92. The summed E-state index contributed by atoms with van der Waals surface area (Å²) < 4.78 is 5.12. The zero-order chi connectivity index (χ0) is 18.7. The van der Waals surface area contributed by atoms with Crippen LogP contribution in [0.1, 0.15) is 21.8 Å².